The topological polar surface area (TPSA) is 66.6 Å². The number of fused-ring (bicyclic) bond motifs is 2. The standard InChI is InChI=1S/C19H21N3O2S/c20-19(24)16-9-13-3-1-2-4-14(13)10-22(16)12-18(23)21-7-5-17-15(11-21)6-8-25-17/h1-4,6,8,16H,5,7,9-12H2,(H2,20,24)/t16-/m0/s1. The van der Waals surface area contributed by atoms with Crippen molar-refractivity contribution in [2.24, 2.45) is 5.73 Å². The van der Waals surface area contributed by atoms with Crippen LogP contribution in [0, 0.1) is 0 Å². The molecule has 0 saturated carbocycles. The van der Waals surface area contributed by atoms with Crippen LogP contribution in [0.2, 0.25) is 0 Å². The third kappa shape index (κ3) is 3.19. The van der Waals surface area contributed by atoms with Crippen molar-refractivity contribution in [2.75, 3.05) is 13.1 Å². The van der Waals surface area contributed by atoms with Crippen LogP contribution in [-0.2, 0) is 35.5 Å². The highest BCUT2D eigenvalue weighted by atomic mass is 32.1. The fourth-order valence-corrected chi connectivity index (χ4v) is 4.65. The summed E-state index contributed by atoms with van der Waals surface area (Å²) in [5.74, 6) is -0.288. The highest BCUT2D eigenvalue weighted by Gasteiger charge is 2.32. The summed E-state index contributed by atoms with van der Waals surface area (Å²) in [5, 5.41) is 2.09. The Morgan fingerprint density at radius 1 is 1.12 bits per heavy atom. The molecule has 3 heterocycles. The number of nitrogens with two attached hydrogens (primary N) is 1. The van der Waals surface area contributed by atoms with E-state index in [1.54, 1.807) is 11.3 Å². The molecule has 6 heteroatoms. The molecule has 5 nitrogen and oxygen atoms in total. The highest BCUT2D eigenvalue weighted by molar-refractivity contribution is 7.10. The minimum Gasteiger partial charge on any atom is -0.368 e. The maximum absolute atomic E-state index is 12.8. The molecule has 1 aromatic carbocycles. The van der Waals surface area contributed by atoms with Crippen LogP contribution in [0.4, 0.5) is 0 Å². The Hall–Kier alpha value is -2.18. The van der Waals surface area contributed by atoms with E-state index in [1.165, 1.54) is 16.0 Å². The van der Waals surface area contributed by atoms with Crippen LogP contribution in [0.1, 0.15) is 21.6 Å². The molecule has 2 aliphatic heterocycles. The number of primary amides is 1. The van der Waals surface area contributed by atoms with Crippen molar-refractivity contribution in [3.05, 3.63) is 57.3 Å². The van der Waals surface area contributed by atoms with Crippen molar-refractivity contribution in [3.8, 4) is 0 Å². The van der Waals surface area contributed by atoms with Gasteiger partial charge in [0.2, 0.25) is 11.8 Å². The second-order valence-corrected chi connectivity index (χ2v) is 7.73. The summed E-state index contributed by atoms with van der Waals surface area (Å²) >= 11 is 1.76. The van der Waals surface area contributed by atoms with E-state index in [2.05, 4.69) is 17.5 Å². The van der Waals surface area contributed by atoms with Crippen molar-refractivity contribution in [1.82, 2.24) is 9.80 Å². The summed E-state index contributed by atoms with van der Waals surface area (Å²) in [6, 6.07) is 9.74. The van der Waals surface area contributed by atoms with Crippen molar-refractivity contribution in [1.29, 1.82) is 0 Å². The Labute approximate surface area is 151 Å². The molecule has 0 bridgehead atoms. The Morgan fingerprint density at radius 2 is 1.92 bits per heavy atom. The van der Waals surface area contributed by atoms with Gasteiger partial charge in [-0.15, -0.1) is 11.3 Å². The minimum absolute atomic E-state index is 0.0717. The van der Waals surface area contributed by atoms with Crippen molar-refractivity contribution >= 4 is 23.2 Å². The summed E-state index contributed by atoms with van der Waals surface area (Å²) in [6.07, 6.45) is 1.49. The van der Waals surface area contributed by atoms with E-state index in [1.807, 2.05) is 28.0 Å². The number of rotatable bonds is 3. The fraction of sp³-hybridized carbons (Fsp3) is 0.368. The normalized spacial score (nSPS) is 20.0. The first-order chi connectivity index (χ1) is 12.1. The van der Waals surface area contributed by atoms with Crippen molar-refractivity contribution in [3.63, 3.8) is 0 Å². The minimum atomic E-state index is -0.416. The Bertz CT molecular complexity index is 817. The zero-order valence-electron chi connectivity index (χ0n) is 14.0. The van der Waals surface area contributed by atoms with Gasteiger partial charge in [-0.25, -0.2) is 0 Å². The first kappa shape index (κ1) is 16.3. The summed E-state index contributed by atoms with van der Waals surface area (Å²) in [4.78, 5) is 29.9. The molecule has 25 heavy (non-hydrogen) atoms. The lowest BCUT2D eigenvalue weighted by Crippen LogP contribution is -2.52. The number of amides is 2. The van der Waals surface area contributed by atoms with Gasteiger partial charge in [-0.1, -0.05) is 24.3 Å². The van der Waals surface area contributed by atoms with Crippen LogP contribution in [0.5, 0.6) is 0 Å². The van der Waals surface area contributed by atoms with Gasteiger partial charge in [0.15, 0.2) is 0 Å². The number of carbonyl (C=O) groups is 2. The van der Waals surface area contributed by atoms with E-state index in [9.17, 15) is 9.59 Å². The molecular formula is C19H21N3O2S. The maximum atomic E-state index is 12.8. The highest BCUT2D eigenvalue weighted by Crippen LogP contribution is 2.26. The van der Waals surface area contributed by atoms with Crippen LogP contribution in [0.25, 0.3) is 0 Å². The average molecular weight is 355 g/mol. The smallest absolute Gasteiger partial charge is 0.237 e. The Balaban J connectivity index is 1.49. The molecule has 1 atom stereocenters. The molecule has 0 aliphatic carbocycles. The van der Waals surface area contributed by atoms with E-state index in [0.29, 0.717) is 19.5 Å². The molecule has 2 aliphatic rings. The van der Waals surface area contributed by atoms with Crippen LogP contribution in [0.15, 0.2) is 35.7 Å². The van der Waals surface area contributed by atoms with Crippen molar-refractivity contribution < 1.29 is 9.59 Å². The Kier molecular flexibility index (Phi) is 4.31. The van der Waals surface area contributed by atoms with E-state index >= 15 is 0 Å². The van der Waals surface area contributed by atoms with E-state index in [4.69, 9.17) is 5.73 Å². The second kappa shape index (κ2) is 6.61. The Morgan fingerprint density at radius 3 is 2.72 bits per heavy atom. The number of nitrogens with zero attached hydrogens (tertiary/aromatic N) is 2. The van der Waals surface area contributed by atoms with Gasteiger partial charge in [-0.05, 0) is 41.0 Å². The molecule has 2 amide bonds. The van der Waals surface area contributed by atoms with Gasteiger partial charge in [0.05, 0.1) is 12.6 Å². The molecule has 130 valence electrons. The third-order valence-corrected chi connectivity index (χ3v) is 6.20. The lowest BCUT2D eigenvalue weighted by Gasteiger charge is -2.36. The average Bonchev–Trinajstić information content (AvgIpc) is 3.08. The molecule has 0 unspecified atom stereocenters. The molecule has 0 radical (unpaired) electrons. The van der Waals surface area contributed by atoms with Gasteiger partial charge in [0.1, 0.15) is 0 Å². The number of hydrogen-bond acceptors (Lipinski definition) is 4. The van der Waals surface area contributed by atoms with Gasteiger partial charge in [-0.3, -0.25) is 14.5 Å². The van der Waals surface area contributed by atoms with E-state index < -0.39 is 6.04 Å². The van der Waals surface area contributed by atoms with Crippen LogP contribution in [0.3, 0.4) is 0 Å². The number of thiophene rings is 1. The molecule has 0 saturated heterocycles. The van der Waals surface area contributed by atoms with Gasteiger partial charge < -0.3 is 10.6 Å². The number of carbonyl (C=O) groups excluding carboxylic acids is 2. The zero-order chi connectivity index (χ0) is 17.4. The molecule has 0 fully saturated rings. The van der Waals surface area contributed by atoms with Crippen LogP contribution < -0.4 is 5.73 Å². The summed E-state index contributed by atoms with van der Waals surface area (Å²) in [5.41, 5.74) is 9.19. The maximum Gasteiger partial charge on any atom is 0.237 e. The zero-order valence-corrected chi connectivity index (χ0v) is 14.8. The molecular weight excluding hydrogens is 334 g/mol. The van der Waals surface area contributed by atoms with E-state index in [0.717, 1.165) is 18.5 Å². The molecule has 4 rings (SSSR count). The monoisotopic (exact) mass is 355 g/mol. The molecule has 2 aromatic rings. The lowest BCUT2D eigenvalue weighted by atomic mass is 9.93. The first-order valence-electron chi connectivity index (χ1n) is 8.55. The quantitative estimate of drug-likeness (QED) is 0.908. The predicted octanol–water partition coefficient (Wildman–Crippen LogP) is 1.54. The predicted molar refractivity (Wildman–Crippen MR) is 97.0 cm³/mol. The molecule has 2 N–H and O–H groups in total. The second-order valence-electron chi connectivity index (χ2n) is 6.73. The fourth-order valence-electron chi connectivity index (χ4n) is 3.76. The number of hydrogen-bond donors (Lipinski definition) is 1. The number of benzene rings is 1. The van der Waals surface area contributed by atoms with Crippen LogP contribution in [-0.4, -0.2) is 40.7 Å². The summed E-state index contributed by atoms with van der Waals surface area (Å²) in [7, 11) is 0. The lowest BCUT2D eigenvalue weighted by molar-refractivity contribution is -0.135. The third-order valence-electron chi connectivity index (χ3n) is 5.17. The summed E-state index contributed by atoms with van der Waals surface area (Å²) < 4.78 is 0. The van der Waals surface area contributed by atoms with Crippen LogP contribution >= 0.6 is 11.3 Å². The first-order valence-corrected chi connectivity index (χ1v) is 9.43. The van der Waals surface area contributed by atoms with Crippen molar-refractivity contribution in [2.45, 2.75) is 32.0 Å². The summed E-state index contributed by atoms with van der Waals surface area (Å²) in [6.45, 7) is 2.25. The largest absolute Gasteiger partial charge is 0.368 e. The van der Waals surface area contributed by atoms with Gasteiger partial charge in [0.25, 0.3) is 0 Å². The van der Waals surface area contributed by atoms with Gasteiger partial charge in [-0.2, -0.15) is 0 Å². The van der Waals surface area contributed by atoms with Gasteiger partial charge >= 0.3 is 0 Å². The molecule has 1 aromatic heterocycles. The van der Waals surface area contributed by atoms with E-state index in [-0.39, 0.29) is 18.4 Å². The SMILES string of the molecule is NC(=O)[C@@H]1Cc2ccccc2CN1CC(=O)N1CCc2sccc2C1. The molecule has 0 spiro atoms. The van der Waals surface area contributed by atoms with Gasteiger partial charge in [0, 0.05) is 24.5 Å².